The van der Waals surface area contributed by atoms with Crippen LogP contribution in [0.2, 0.25) is 0 Å². The van der Waals surface area contributed by atoms with Crippen molar-refractivity contribution in [1.29, 1.82) is 0 Å². The number of nitrogens with zero attached hydrogens (tertiary/aromatic N) is 4. The van der Waals surface area contributed by atoms with E-state index in [0.29, 0.717) is 39.0 Å². The van der Waals surface area contributed by atoms with Crippen LogP contribution in [0.1, 0.15) is 39.2 Å². The fourth-order valence-electron chi connectivity index (χ4n) is 4.38. The van der Waals surface area contributed by atoms with E-state index in [4.69, 9.17) is 9.97 Å². The van der Waals surface area contributed by atoms with Gasteiger partial charge in [-0.1, -0.05) is 44.2 Å². The Hall–Kier alpha value is -2.99. The molecule has 1 N–H and O–H groups in total. The van der Waals surface area contributed by atoms with Gasteiger partial charge >= 0.3 is 0 Å². The zero-order chi connectivity index (χ0) is 22.9. The average Bonchev–Trinajstić information content (AvgIpc) is 2.82. The molecule has 1 aromatic heterocycles. The molecule has 170 valence electrons. The molecule has 32 heavy (non-hydrogen) atoms. The largest absolute Gasteiger partial charge is 0.380 e. The molecule has 1 aliphatic heterocycles. The minimum atomic E-state index is -1.26. The number of fused-ring (bicyclic) bond motifs is 1. The Labute approximate surface area is 191 Å². The monoisotopic (exact) mass is 434 g/mol. The third-order valence-electron chi connectivity index (χ3n) is 6.65. The minimum absolute atomic E-state index is 0. The Morgan fingerprint density at radius 1 is 1.03 bits per heavy atom. The summed E-state index contributed by atoms with van der Waals surface area (Å²) in [5.74, 6) is 1.47. The molecule has 1 fully saturated rings. The second kappa shape index (κ2) is 8.87. The van der Waals surface area contributed by atoms with E-state index >= 15 is 0 Å². The summed E-state index contributed by atoms with van der Waals surface area (Å²) in [6, 6.07) is 14.4. The van der Waals surface area contributed by atoms with E-state index in [1.807, 2.05) is 26.0 Å². The third kappa shape index (κ3) is 4.07. The van der Waals surface area contributed by atoms with Crippen LogP contribution in [-0.4, -0.2) is 57.7 Å². The van der Waals surface area contributed by atoms with Crippen molar-refractivity contribution in [2.45, 2.75) is 46.1 Å². The molecule has 1 saturated heterocycles. The molecular weight excluding hydrogens is 400 g/mol. The Bertz CT molecular complexity index is 1140. The van der Waals surface area contributed by atoms with E-state index in [1.54, 1.807) is 4.90 Å². The van der Waals surface area contributed by atoms with E-state index in [2.05, 4.69) is 49.1 Å². The van der Waals surface area contributed by atoms with Crippen LogP contribution in [0.25, 0.3) is 22.3 Å². The summed E-state index contributed by atoms with van der Waals surface area (Å²) in [5, 5.41) is 11.7. The van der Waals surface area contributed by atoms with Crippen LogP contribution in [-0.2, 0) is 4.79 Å². The normalized spacial score (nSPS) is 14.8. The summed E-state index contributed by atoms with van der Waals surface area (Å²) in [5.41, 5.74) is 2.99. The van der Waals surface area contributed by atoms with Gasteiger partial charge in [-0.3, -0.25) is 4.79 Å². The van der Waals surface area contributed by atoms with Crippen molar-refractivity contribution in [3.05, 3.63) is 53.6 Å². The summed E-state index contributed by atoms with van der Waals surface area (Å²) in [6.07, 6.45) is 0.858. The number of piperazine rings is 1. The predicted molar refractivity (Wildman–Crippen MR) is 131 cm³/mol. The third-order valence-corrected chi connectivity index (χ3v) is 6.65. The van der Waals surface area contributed by atoms with Gasteiger partial charge in [-0.15, -0.1) is 0 Å². The second-order valence-electron chi connectivity index (χ2n) is 8.72. The molecule has 0 atom stereocenters. The van der Waals surface area contributed by atoms with Gasteiger partial charge in [0.2, 0.25) is 0 Å². The highest BCUT2D eigenvalue weighted by Crippen LogP contribution is 2.30. The lowest BCUT2D eigenvalue weighted by Gasteiger charge is -2.39. The smallest absolute Gasteiger partial charge is 0.254 e. The van der Waals surface area contributed by atoms with E-state index < -0.39 is 5.60 Å². The molecule has 1 amide bonds. The van der Waals surface area contributed by atoms with Crippen molar-refractivity contribution in [2.75, 3.05) is 31.1 Å². The van der Waals surface area contributed by atoms with E-state index in [1.165, 1.54) is 0 Å². The van der Waals surface area contributed by atoms with Gasteiger partial charge in [0.05, 0.1) is 5.52 Å². The van der Waals surface area contributed by atoms with Crippen molar-refractivity contribution in [3.8, 4) is 11.4 Å². The molecule has 0 radical (unpaired) electrons. The fourth-order valence-corrected chi connectivity index (χ4v) is 4.38. The SMILES string of the molecule is CCC(O)(CC)C(=O)N1CCN(c2nc(-c3ccccc3C)nc3cc(C)ccc23)CC1.[HH]. The lowest BCUT2D eigenvalue weighted by atomic mass is 9.95. The molecule has 2 aromatic carbocycles. The van der Waals surface area contributed by atoms with Crippen LogP contribution in [0, 0.1) is 13.8 Å². The highest BCUT2D eigenvalue weighted by atomic mass is 16.3. The quantitative estimate of drug-likeness (QED) is 0.646. The number of amides is 1. The molecule has 2 heterocycles. The van der Waals surface area contributed by atoms with Gasteiger partial charge in [0, 0.05) is 38.6 Å². The zero-order valence-electron chi connectivity index (χ0n) is 19.4. The van der Waals surface area contributed by atoms with Gasteiger partial charge in [-0.25, -0.2) is 9.97 Å². The van der Waals surface area contributed by atoms with Crippen molar-refractivity contribution < 1.29 is 11.3 Å². The number of benzene rings is 2. The Morgan fingerprint density at radius 3 is 2.38 bits per heavy atom. The van der Waals surface area contributed by atoms with Crippen molar-refractivity contribution >= 4 is 22.6 Å². The number of carbonyl (C=O) groups is 1. The molecule has 4 rings (SSSR count). The number of aryl methyl sites for hydroxylation is 2. The maximum Gasteiger partial charge on any atom is 0.254 e. The van der Waals surface area contributed by atoms with Gasteiger partial charge in [-0.05, 0) is 49.9 Å². The number of carbonyl (C=O) groups excluding carboxylic acids is 1. The molecule has 0 bridgehead atoms. The van der Waals surface area contributed by atoms with Crippen molar-refractivity contribution in [3.63, 3.8) is 0 Å². The number of hydrogen-bond donors (Lipinski definition) is 1. The molecule has 0 saturated carbocycles. The molecule has 0 aliphatic carbocycles. The maximum absolute atomic E-state index is 12.9. The van der Waals surface area contributed by atoms with Crippen LogP contribution in [0.5, 0.6) is 0 Å². The molecule has 0 unspecified atom stereocenters. The highest BCUT2D eigenvalue weighted by molar-refractivity contribution is 5.92. The molecule has 3 aromatic rings. The highest BCUT2D eigenvalue weighted by Gasteiger charge is 2.37. The summed E-state index contributed by atoms with van der Waals surface area (Å²) >= 11 is 0. The first-order valence-electron chi connectivity index (χ1n) is 11.5. The number of hydrogen-bond acceptors (Lipinski definition) is 5. The molecule has 6 nitrogen and oxygen atoms in total. The molecular formula is C26H34N4O2. The van der Waals surface area contributed by atoms with Crippen LogP contribution in [0.15, 0.2) is 42.5 Å². The lowest BCUT2D eigenvalue weighted by molar-refractivity contribution is -0.152. The van der Waals surface area contributed by atoms with Crippen molar-refractivity contribution in [1.82, 2.24) is 14.9 Å². The zero-order valence-corrected chi connectivity index (χ0v) is 19.4. The summed E-state index contributed by atoms with van der Waals surface area (Å²) < 4.78 is 0. The molecule has 0 spiro atoms. The lowest BCUT2D eigenvalue weighted by Crippen LogP contribution is -2.55. The minimum Gasteiger partial charge on any atom is -0.380 e. The Balaban J connectivity index is 0.00000306. The predicted octanol–water partition coefficient (Wildman–Crippen LogP) is 4.36. The number of rotatable bonds is 5. The topological polar surface area (TPSA) is 69.6 Å². The number of aromatic nitrogens is 2. The standard InChI is InChI=1S/C26H32N4O2.H2/c1-5-26(32,6-2)25(31)30-15-13-29(14-16-30)24-21-12-11-18(3)17-22(21)27-23(28-24)20-10-8-7-9-19(20)4;/h7-12,17,32H,5-6,13-16H2,1-4H3;1H. The Morgan fingerprint density at radius 2 is 1.72 bits per heavy atom. The number of aliphatic hydroxyl groups is 1. The fraction of sp³-hybridized carbons (Fsp3) is 0.423. The number of anilines is 1. The summed E-state index contributed by atoms with van der Waals surface area (Å²) in [6.45, 7) is 10.3. The first-order chi connectivity index (χ1) is 15.4. The van der Waals surface area contributed by atoms with Gasteiger partial charge in [0.25, 0.3) is 5.91 Å². The van der Waals surface area contributed by atoms with E-state index in [0.717, 1.165) is 39.2 Å². The van der Waals surface area contributed by atoms with E-state index in [-0.39, 0.29) is 7.33 Å². The maximum atomic E-state index is 12.9. The second-order valence-corrected chi connectivity index (χ2v) is 8.72. The first-order valence-corrected chi connectivity index (χ1v) is 11.5. The average molecular weight is 435 g/mol. The van der Waals surface area contributed by atoms with Crippen molar-refractivity contribution in [2.24, 2.45) is 0 Å². The van der Waals surface area contributed by atoms with Gasteiger partial charge in [-0.2, -0.15) is 0 Å². The molecule has 6 heteroatoms. The van der Waals surface area contributed by atoms with Crippen LogP contribution >= 0.6 is 0 Å². The van der Waals surface area contributed by atoms with E-state index in [9.17, 15) is 9.90 Å². The van der Waals surface area contributed by atoms with Crippen LogP contribution in [0.4, 0.5) is 5.82 Å². The van der Waals surface area contributed by atoms with Crippen LogP contribution in [0.3, 0.4) is 0 Å². The van der Waals surface area contributed by atoms with Gasteiger partial charge < -0.3 is 14.9 Å². The molecule has 1 aliphatic rings. The Kier molecular flexibility index (Phi) is 6.15. The summed E-state index contributed by atoms with van der Waals surface area (Å²) in [4.78, 5) is 26.8. The first kappa shape index (κ1) is 22.2. The summed E-state index contributed by atoms with van der Waals surface area (Å²) in [7, 11) is 0. The van der Waals surface area contributed by atoms with Gasteiger partial charge in [0.15, 0.2) is 5.82 Å². The van der Waals surface area contributed by atoms with Crippen LogP contribution < -0.4 is 4.90 Å². The van der Waals surface area contributed by atoms with Gasteiger partial charge in [0.1, 0.15) is 11.4 Å².